The van der Waals surface area contributed by atoms with Gasteiger partial charge >= 0.3 is 0 Å². The number of rotatable bonds is 5. The summed E-state index contributed by atoms with van der Waals surface area (Å²) in [6, 6.07) is 31.0. The van der Waals surface area contributed by atoms with Crippen molar-refractivity contribution >= 4 is 39.4 Å². The molecule has 0 aliphatic carbocycles. The largest absolute Gasteiger partial charge is 0.436 e. The molecule has 0 fully saturated rings. The first-order valence-corrected chi connectivity index (χ1v) is 11.5. The monoisotopic (exact) mass is 483 g/mol. The van der Waals surface area contributed by atoms with Gasteiger partial charge in [0, 0.05) is 25.4 Å². The van der Waals surface area contributed by atoms with Crippen LogP contribution in [0.15, 0.2) is 106 Å². The molecule has 3 aromatic carbocycles. The summed E-state index contributed by atoms with van der Waals surface area (Å²) in [5.41, 5.74) is 4.36. The van der Waals surface area contributed by atoms with Gasteiger partial charge in [0.1, 0.15) is 0 Å². The van der Waals surface area contributed by atoms with Crippen molar-refractivity contribution < 1.29 is 4.42 Å². The molecule has 2 nitrogen and oxygen atoms in total. The number of thiophene rings is 1. The molecule has 0 radical (unpaired) electrons. The Morgan fingerprint density at radius 1 is 0.710 bits per heavy atom. The second kappa shape index (κ2) is 8.88. The molecule has 0 aliphatic heterocycles. The average molecular weight is 484 g/mol. The summed E-state index contributed by atoms with van der Waals surface area (Å²) in [7, 11) is 0. The van der Waals surface area contributed by atoms with E-state index in [1.807, 2.05) is 42.5 Å². The zero-order valence-electron chi connectivity index (χ0n) is 16.5. The molecule has 5 rings (SSSR count). The lowest BCUT2D eigenvalue weighted by Gasteiger charge is -1.98. The highest BCUT2D eigenvalue weighted by molar-refractivity contribution is 9.10. The van der Waals surface area contributed by atoms with Crippen LogP contribution in [0, 0.1) is 0 Å². The Kier molecular flexibility index (Phi) is 5.65. The van der Waals surface area contributed by atoms with Gasteiger partial charge < -0.3 is 4.42 Å². The highest BCUT2D eigenvalue weighted by Gasteiger charge is 2.08. The number of halogens is 1. The molecule has 0 atom stereocenters. The number of hydrogen-bond acceptors (Lipinski definition) is 3. The van der Waals surface area contributed by atoms with Crippen molar-refractivity contribution in [3.8, 4) is 33.2 Å². The van der Waals surface area contributed by atoms with Gasteiger partial charge in [-0.2, -0.15) is 0 Å². The number of nitrogens with zero attached hydrogens (tertiary/aromatic N) is 1. The molecule has 31 heavy (non-hydrogen) atoms. The third kappa shape index (κ3) is 4.61. The summed E-state index contributed by atoms with van der Waals surface area (Å²) in [5.74, 6) is 1.41. The van der Waals surface area contributed by atoms with Crippen molar-refractivity contribution in [2.75, 3.05) is 0 Å². The maximum Gasteiger partial charge on any atom is 0.226 e. The van der Waals surface area contributed by atoms with E-state index in [9.17, 15) is 0 Å². The average Bonchev–Trinajstić information content (AvgIpc) is 3.50. The minimum Gasteiger partial charge on any atom is -0.436 e. The fourth-order valence-corrected chi connectivity index (χ4v) is 4.45. The van der Waals surface area contributed by atoms with Crippen molar-refractivity contribution in [2.45, 2.75) is 0 Å². The zero-order chi connectivity index (χ0) is 21.0. The minimum absolute atomic E-state index is 0.631. The van der Waals surface area contributed by atoms with Gasteiger partial charge in [-0.1, -0.05) is 76.6 Å². The summed E-state index contributed by atoms with van der Waals surface area (Å²) in [6.45, 7) is 0. The van der Waals surface area contributed by atoms with Gasteiger partial charge in [-0.3, -0.25) is 0 Å². The fourth-order valence-electron chi connectivity index (χ4n) is 3.27. The lowest BCUT2D eigenvalue weighted by atomic mass is 10.1. The van der Waals surface area contributed by atoms with E-state index < -0.39 is 0 Å². The first kappa shape index (κ1) is 19.7. The zero-order valence-corrected chi connectivity index (χ0v) is 18.9. The van der Waals surface area contributed by atoms with Crippen molar-refractivity contribution in [1.82, 2.24) is 4.98 Å². The first-order chi connectivity index (χ1) is 15.2. The smallest absolute Gasteiger partial charge is 0.226 e. The third-order valence-electron chi connectivity index (χ3n) is 4.92. The standard InChI is InChI=1S/C27H18BrNOS/c28-23-13-11-21(12-14-23)26-17-16-24(31-26)15-8-19-6-9-22(10-7-19)27-29-18-25(30-27)20-4-2-1-3-5-20/h1-18H/b15-8+. The van der Waals surface area contributed by atoms with E-state index in [1.54, 1.807) is 17.5 Å². The number of hydrogen-bond donors (Lipinski definition) is 0. The maximum atomic E-state index is 5.95. The van der Waals surface area contributed by atoms with Crippen LogP contribution in [0.4, 0.5) is 0 Å². The number of oxazole rings is 1. The normalized spacial score (nSPS) is 11.3. The molecule has 0 unspecified atom stereocenters. The van der Waals surface area contributed by atoms with Crippen LogP contribution in [0.5, 0.6) is 0 Å². The maximum absolute atomic E-state index is 5.95. The Bertz CT molecular complexity index is 1320. The van der Waals surface area contributed by atoms with E-state index in [0.717, 1.165) is 26.9 Å². The van der Waals surface area contributed by atoms with Crippen molar-refractivity contribution in [3.63, 3.8) is 0 Å². The molecule has 0 amide bonds. The molecular weight excluding hydrogens is 466 g/mol. The Hall–Kier alpha value is -3.21. The van der Waals surface area contributed by atoms with E-state index in [0.29, 0.717) is 5.89 Å². The van der Waals surface area contributed by atoms with Crippen LogP contribution >= 0.6 is 27.3 Å². The first-order valence-electron chi connectivity index (χ1n) is 9.90. The Balaban J connectivity index is 1.29. The highest BCUT2D eigenvalue weighted by atomic mass is 79.9. The summed E-state index contributed by atoms with van der Waals surface area (Å²) >= 11 is 5.27. The predicted octanol–water partition coefficient (Wildman–Crippen LogP) is 8.67. The van der Waals surface area contributed by atoms with Crippen LogP contribution in [-0.4, -0.2) is 4.98 Å². The minimum atomic E-state index is 0.631. The molecule has 0 bridgehead atoms. The van der Waals surface area contributed by atoms with Gasteiger partial charge in [-0.15, -0.1) is 11.3 Å². The molecule has 4 heteroatoms. The third-order valence-corrected chi connectivity index (χ3v) is 6.55. The van der Waals surface area contributed by atoms with E-state index in [2.05, 4.69) is 81.6 Å². The van der Waals surface area contributed by atoms with Crippen LogP contribution in [0.1, 0.15) is 10.4 Å². The Morgan fingerprint density at radius 2 is 1.45 bits per heavy atom. The Morgan fingerprint density at radius 3 is 2.23 bits per heavy atom. The molecule has 150 valence electrons. The van der Waals surface area contributed by atoms with Crippen LogP contribution < -0.4 is 0 Å². The molecule has 0 saturated carbocycles. The predicted molar refractivity (Wildman–Crippen MR) is 134 cm³/mol. The molecule has 0 N–H and O–H groups in total. The molecular formula is C27H18BrNOS. The fraction of sp³-hybridized carbons (Fsp3) is 0. The van der Waals surface area contributed by atoms with Crippen molar-refractivity contribution in [3.05, 3.63) is 112 Å². The summed E-state index contributed by atoms with van der Waals surface area (Å²) in [5, 5.41) is 0. The lowest BCUT2D eigenvalue weighted by molar-refractivity contribution is 0.589. The van der Waals surface area contributed by atoms with E-state index in [1.165, 1.54) is 15.3 Å². The van der Waals surface area contributed by atoms with Gasteiger partial charge in [-0.05, 0) is 53.6 Å². The topological polar surface area (TPSA) is 26.0 Å². The van der Waals surface area contributed by atoms with Crippen LogP contribution in [0.2, 0.25) is 0 Å². The number of benzene rings is 3. The van der Waals surface area contributed by atoms with Crippen LogP contribution in [-0.2, 0) is 0 Å². The second-order valence-electron chi connectivity index (χ2n) is 7.06. The quantitative estimate of drug-likeness (QED) is 0.249. The van der Waals surface area contributed by atoms with Gasteiger partial charge in [0.15, 0.2) is 5.76 Å². The molecule has 2 aromatic heterocycles. The SMILES string of the molecule is Brc1ccc(-c2ccc(/C=C/c3ccc(-c4ncc(-c5ccccc5)o4)cc3)s2)cc1. The summed E-state index contributed by atoms with van der Waals surface area (Å²) in [4.78, 5) is 6.93. The number of aromatic nitrogens is 1. The molecule has 0 spiro atoms. The Labute approximate surface area is 193 Å². The van der Waals surface area contributed by atoms with Crippen LogP contribution in [0.3, 0.4) is 0 Å². The van der Waals surface area contributed by atoms with Crippen LogP contribution in [0.25, 0.3) is 45.4 Å². The highest BCUT2D eigenvalue weighted by Crippen LogP contribution is 2.30. The molecule has 0 aliphatic rings. The van der Waals surface area contributed by atoms with Gasteiger partial charge in [0.25, 0.3) is 0 Å². The van der Waals surface area contributed by atoms with Crippen molar-refractivity contribution in [1.29, 1.82) is 0 Å². The second-order valence-corrected chi connectivity index (χ2v) is 9.09. The van der Waals surface area contributed by atoms with Gasteiger partial charge in [0.2, 0.25) is 5.89 Å². The summed E-state index contributed by atoms with van der Waals surface area (Å²) < 4.78 is 7.04. The lowest BCUT2D eigenvalue weighted by Crippen LogP contribution is -1.77. The van der Waals surface area contributed by atoms with E-state index >= 15 is 0 Å². The summed E-state index contributed by atoms with van der Waals surface area (Å²) in [6.07, 6.45) is 6.06. The molecule has 2 heterocycles. The molecule has 0 saturated heterocycles. The van der Waals surface area contributed by atoms with Crippen molar-refractivity contribution in [2.24, 2.45) is 0 Å². The van der Waals surface area contributed by atoms with Gasteiger partial charge in [0.05, 0.1) is 6.20 Å². The molecule has 5 aromatic rings. The van der Waals surface area contributed by atoms with Gasteiger partial charge in [-0.25, -0.2) is 4.98 Å². The van der Waals surface area contributed by atoms with E-state index in [4.69, 9.17) is 4.42 Å². The van der Waals surface area contributed by atoms with E-state index in [-0.39, 0.29) is 0 Å².